The first-order valence-corrected chi connectivity index (χ1v) is 8.40. The van der Waals surface area contributed by atoms with E-state index in [0.29, 0.717) is 0 Å². The maximum absolute atomic E-state index is 5.73. The summed E-state index contributed by atoms with van der Waals surface area (Å²) in [6, 6.07) is 7.95. The molecule has 0 saturated carbocycles. The van der Waals surface area contributed by atoms with E-state index in [1.54, 1.807) is 6.21 Å². The molecule has 0 saturated heterocycles. The Hall–Kier alpha value is -3.38. The zero-order valence-electron chi connectivity index (χ0n) is 13.8. The summed E-state index contributed by atoms with van der Waals surface area (Å²) in [5.74, 6) is 1.75. The Morgan fingerprint density at radius 3 is 3.00 bits per heavy atom. The van der Waals surface area contributed by atoms with Crippen LogP contribution in [-0.4, -0.2) is 24.1 Å². The molecule has 4 aliphatic heterocycles. The number of para-hydroxylation sites is 1. The predicted octanol–water partition coefficient (Wildman–Crippen LogP) is 2.62. The highest BCUT2D eigenvalue weighted by Crippen LogP contribution is 2.30. The van der Waals surface area contributed by atoms with Crippen LogP contribution in [0.25, 0.3) is 6.08 Å². The van der Waals surface area contributed by atoms with Crippen molar-refractivity contribution in [3.8, 4) is 5.75 Å². The first kappa shape index (κ1) is 14.9. The van der Waals surface area contributed by atoms with Crippen molar-refractivity contribution in [2.45, 2.75) is 12.2 Å². The van der Waals surface area contributed by atoms with Crippen molar-refractivity contribution in [3.05, 3.63) is 83.4 Å². The van der Waals surface area contributed by atoms with Crippen molar-refractivity contribution in [1.29, 1.82) is 0 Å². The molecule has 0 aromatic heterocycles. The maximum Gasteiger partial charge on any atom is 0.169 e. The Morgan fingerprint density at radius 2 is 2.00 bits per heavy atom. The predicted molar refractivity (Wildman–Crippen MR) is 100 cm³/mol. The van der Waals surface area contributed by atoms with Gasteiger partial charge in [0, 0.05) is 5.56 Å². The first-order valence-electron chi connectivity index (χ1n) is 8.40. The first-order chi connectivity index (χ1) is 12.9. The molecule has 2 atom stereocenters. The lowest BCUT2D eigenvalue weighted by Crippen LogP contribution is -2.33. The minimum absolute atomic E-state index is 0.0371. The van der Waals surface area contributed by atoms with Crippen molar-refractivity contribution >= 4 is 18.0 Å². The molecule has 0 amide bonds. The molecule has 0 bridgehead atoms. The van der Waals surface area contributed by atoms with Gasteiger partial charge in [-0.3, -0.25) is 5.43 Å². The summed E-state index contributed by atoms with van der Waals surface area (Å²) in [6.45, 7) is 0. The fourth-order valence-corrected chi connectivity index (χ4v) is 3.11. The highest BCUT2D eigenvalue weighted by Gasteiger charge is 2.28. The van der Waals surface area contributed by atoms with Gasteiger partial charge in [0.15, 0.2) is 5.76 Å². The number of hydrogen-bond donors (Lipinski definition) is 2. The largest absolute Gasteiger partial charge is 0.453 e. The van der Waals surface area contributed by atoms with E-state index >= 15 is 0 Å². The van der Waals surface area contributed by atoms with Gasteiger partial charge in [-0.15, -0.1) is 0 Å². The summed E-state index contributed by atoms with van der Waals surface area (Å²) >= 11 is 0. The van der Waals surface area contributed by atoms with Crippen LogP contribution in [0, 0.1) is 0 Å². The summed E-state index contributed by atoms with van der Waals surface area (Å²) in [4.78, 5) is 0. The van der Waals surface area contributed by atoms with Crippen LogP contribution >= 0.6 is 0 Å². The number of nitrogens with one attached hydrogen (secondary N) is 2. The third-order valence-electron chi connectivity index (χ3n) is 4.40. The molecule has 1 aromatic rings. The molecule has 128 valence electrons. The third kappa shape index (κ3) is 2.66. The number of nitrogens with zero attached hydrogens (tertiary/aromatic N) is 2. The number of allylic oxidation sites excluding steroid dienone is 2. The smallest absolute Gasteiger partial charge is 0.169 e. The van der Waals surface area contributed by atoms with Gasteiger partial charge < -0.3 is 14.9 Å². The molecule has 0 spiro atoms. The van der Waals surface area contributed by atoms with Gasteiger partial charge in [-0.05, 0) is 23.8 Å². The average Bonchev–Trinajstić information content (AvgIpc) is 3.33. The highest BCUT2D eigenvalue weighted by molar-refractivity contribution is 6.11. The Kier molecular flexibility index (Phi) is 3.54. The number of hydrogen-bond acceptors (Lipinski definition) is 6. The summed E-state index contributed by atoms with van der Waals surface area (Å²) in [5, 5.41) is 7.81. The quantitative estimate of drug-likeness (QED) is 0.759. The van der Waals surface area contributed by atoms with Gasteiger partial charge in [0.2, 0.25) is 0 Å². The van der Waals surface area contributed by atoms with Crippen LogP contribution in [0.5, 0.6) is 5.75 Å². The van der Waals surface area contributed by atoms with E-state index < -0.39 is 0 Å². The summed E-state index contributed by atoms with van der Waals surface area (Å²) in [5.41, 5.74) is 10.0. The van der Waals surface area contributed by atoms with Crippen molar-refractivity contribution < 1.29 is 9.47 Å². The maximum atomic E-state index is 5.73. The summed E-state index contributed by atoms with van der Waals surface area (Å²) in [6.07, 6.45) is 15.8. The van der Waals surface area contributed by atoms with E-state index in [2.05, 4.69) is 27.1 Å². The molecule has 0 radical (unpaired) electrons. The zero-order valence-corrected chi connectivity index (χ0v) is 13.8. The molecule has 26 heavy (non-hydrogen) atoms. The molecule has 1 aliphatic carbocycles. The topological polar surface area (TPSA) is 67.2 Å². The van der Waals surface area contributed by atoms with Crippen LogP contribution in [0.4, 0.5) is 0 Å². The molecule has 6 nitrogen and oxygen atoms in total. The minimum atomic E-state index is -0.0371. The second-order valence-corrected chi connectivity index (χ2v) is 6.13. The van der Waals surface area contributed by atoms with Gasteiger partial charge in [0.1, 0.15) is 18.0 Å². The lowest BCUT2D eigenvalue weighted by molar-refractivity contribution is 0.112. The van der Waals surface area contributed by atoms with Gasteiger partial charge in [-0.25, -0.2) is 0 Å². The molecule has 6 rings (SSSR count). The summed E-state index contributed by atoms with van der Waals surface area (Å²) < 4.78 is 11.4. The molecule has 4 heterocycles. The Balaban J connectivity index is 0.000000115. The van der Waals surface area contributed by atoms with E-state index in [1.807, 2.05) is 60.8 Å². The van der Waals surface area contributed by atoms with Gasteiger partial charge in [0.05, 0.1) is 23.8 Å². The lowest BCUT2D eigenvalue weighted by Gasteiger charge is -2.25. The normalized spacial score (nSPS) is 25.4. The Bertz CT molecular complexity index is 966. The molecule has 5 aliphatic rings. The Labute approximate surface area is 150 Å². The van der Waals surface area contributed by atoms with E-state index in [1.165, 1.54) is 0 Å². The van der Waals surface area contributed by atoms with Gasteiger partial charge in [0.25, 0.3) is 0 Å². The second kappa shape index (κ2) is 6.16. The van der Waals surface area contributed by atoms with Crippen molar-refractivity contribution in [2.24, 2.45) is 10.2 Å². The average molecular weight is 344 g/mol. The number of ether oxygens (including phenoxy) is 2. The standard InChI is InChI=1S/2C10H8N2O/c2*1-2-4-9-7(3-1)5-8-10(13-9)6-11-12-8/h1-6,11-12H;1-6,9-10H. The highest BCUT2D eigenvalue weighted by atomic mass is 16.5. The zero-order chi connectivity index (χ0) is 17.3. The number of fused-ring (bicyclic) bond motifs is 4. The Morgan fingerprint density at radius 1 is 1.04 bits per heavy atom. The second-order valence-electron chi connectivity index (χ2n) is 6.13. The molecular weight excluding hydrogens is 328 g/mol. The minimum Gasteiger partial charge on any atom is -0.453 e. The molecule has 0 fully saturated rings. The van der Waals surface area contributed by atoms with Crippen LogP contribution in [0.15, 0.2) is 88.1 Å². The lowest BCUT2D eigenvalue weighted by atomic mass is 9.98. The van der Waals surface area contributed by atoms with Crippen LogP contribution in [0.3, 0.4) is 0 Å². The third-order valence-corrected chi connectivity index (χ3v) is 4.40. The molecule has 1 aromatic carbocycles. The monoisotopic (exact) mass is 344 g/mol. The van der Waals surface area contributed by atoms with E-state index in [0.717, 1.165) is 34.1 Å². The van der Waals surface area contributed by atoms with Crippen LogP contribution in [0.1, 0.15) is 5.56 Å². The fourth-order valence-electron chi connectivity index (χ4n) is 3.11. The van der Waals surface area contributed by atoms with Crippen LogP contribution in [0.2, 0.25) is 0 Å². The van der Waals surface area contributed by atoms with Crippen LogP contribution in [-0.2, 0) is 4.74 Å². The fraction of sp³-hybridized carbons (Fsp3) is 0.100. The van der Waals surface area contributed by atoms with Gasteiger partial charge in [-0.1, -0.05) is 42.5 Å². The molecule has 6 heteroatoms. The van der Waals surface area contributed by atoms with E-state index in [-0.39, 0.29) is 12.2 Å². The number of benzene rings is 1. The number of rotatable bonds is 0. The van der Waals surface area contributed by atoms with Gasteiger partial charge >= 0.3 is 0 Å². The van der Waals surface area contributed by atoms with Crippen LogP contribution < -0.4 is 15.6 Å². The molecule has 2 unspecified atom stereocenters. The van der Waals surface area contributed by atoms with Crippen molar-refractivity contribution in [1.82, 2.24) is 10.9 Å². The van der Waals surface area contributed by atoms with Crippen molar-refractivity contribution in [3.63, 3.8) is 0 Å². The number of hydrazine groups is 1. The van der Waals surface area contributed by atoms with E-state index in [4.69, 9.17) is 9.47 Å². The van der Waals surface area contributed by atoms with Crippen molar-refractivity contribution in [2.75, 3.05) is 0 Å². The molecular formula is C20H16N4O2. The SMILES string of the molecule is C1=C2NNC=C2Oc2ccccc21.C1=CC2=CC3=NN=CC3OC2C=C1. The molecule has 2 N–H and O–H groups in total. The van der Waals surface area contributed by atoms with E-state index in [9.17, 15) is 0 Å². The summed E-state index contributed by atoms with van der Waals surface area (Å²) in [7, 11) is 0. The van der Waals surface area contributed by atoms with Gasteiger partial charge in [-0.2, -0.15) is 10.2 Å².